The minimum Gasteiger partial charge on any atom is -0.871 e. The van der Waals surface area contributed by atoms with Crippen molar-refractivity contribution < 1.29 is 15.1 Å². The average Bonchev–Trinajstić information content (AvgIpc) is 2.85. The summed E-state index contributed by atoms with van der Waals surface area (Å²) < 4.78 is 0. The van der Waals surface area contributed by atoms with Gasteiger partial charge in [-0.15, -0.1) is 0 Å². The van der Waals surface area contributed by atoms with Crippen molar-refractivity contribution in [3.63, 3.8) is 0 Å². The van der Waals surface area contributed by atoms with Gasteiger partial charge in [-0.25, -0.2) is 0 Å². The number of nitro groups is 1. The molecule has 0 spiro atoms. The zero-order chi connectivity index (χ0) is 16.8. The molecule has 24 heavy (non-hydrogen) atoms. The van der Waals surface area contributed by atoms with E-state index in [1.54, 1.807) is 6.08 Å². The number of aliphatic hydroxyl groups is 1. The zero-order valence-electron chi connectivity index (χ0n) is 12.3. The number of benzene rings is 2. The van der Waals surface area contributed by atoms with Gasteiger partial charge in [0.25, 0.3) is 5.69 Å². The third kappa shape index (κ3) is 1.90. The molecule has 2 aromatic rings. The number of rotatable bonds is 1. The Labute approximate surface area is 136 Å². The van der Waals surface area contributed by atoms with Gasteiger partial charge in [-0.2, -0.15) is 0 Å². The van der Waals surface area contributed by atoms with E-state index >= 15 is 0 Å². The van der Waals surface area contributed by atoms with Crippen LogP contribution in [-0.2, 0) is 0 Å². The van der Waals surface area contributed by atoms with E-state index in [0.29, 0.717) is 5.70 Å². The maximum Gasteiger partial charge on any atom is 0.280 e. The predicted octanol–water partition coefficient (Wildman–Crippen LogP) is 1.14. The van der Waals surface area contributed by atoms with E-state index in [2.05, 4.69) is 5.32 Å². The second-order valence-corrected chi connectivity index (χ2v) is 5.47. The third-order valence-corrected chi connectivity index (χ3v) is 4.11. The van der Waals surface area contributed by atoms with E-state index in [9.17, 15) is 20.3 Å². The maximum atomic E-state index is 12.7. The molecule has 2 aromatic carbocycles. The highest BCUT2D eigenvalue weighted by atomic mass is 16.6. The van der Waals surface area contributed by atoms with Crippen LogP contribution in [0.3, 0.4) is 0 Å². The summed E-state index contributed by atoms with van der Waals surface area (Å²) >= 11 is 0. The van der Waals surface area contributed by atoms with Crippen LogP contribution in [0.1, 0.15) is 5.56 Å². The van der Waals surface area contributed by atoms with E-state index in [1.165, 1.54) is 18.2 Å². The molecule has 6 nitrogen and oxygen atoms in total. The lowest BCUT2D eigenvalue weighted by Crippen LogP contribution is -2.29. The number of nitrogens with one attached hydrogen (secondary N) is 1. The van der Waals surface area contributed by atoms with Gasteiger partial charge in [-0.1, -0.05) is 42.2 Å². The van der Waals surface area contributed by atoms with E-state index in [1.807, 2.05) is 30.3 Å². The fourth-order valence-corrected chi connectivity index (χ4v) is 3.01. The standard InChI is InChI=1S/C18H12N2O4/c21-17-11-5-3-7-14(20(23)24)15(11)18(22)16(17)13-9-8-10-4-1-2-6-12(10)19-13/h1-9,19,21-22H/p-1. The molecule has 118 valence electrons. The molecular weight excluding hydrogens is 308 g/mol. The Bertz CT molecular complexity index is 1080. The second-order valence-electron chi connectivity index (χ2n) is 5.47. The fourth-order valence-electron chi connectivity index (χ4n) is 3.01. The first-order valence-corrected chi connectivity index (χ1v) is 7.25. The van der Waals surface area contributed by atoms with Crippen LogP contribution >= 0.6 is 0 Å². The molecule has 2 aliphatic rings. The average molecular weight is 319 g/mol. The van der Waals surface area contributed by atoms with Gasteiger partial charge in [0.2, 0.25) is 0 Å². The van der Waals surface area contributed by atoms with Crippen molar-refractivity contribution in [1.29, 1.82) is 0 Å². The monoisotopic (exact) mass is 319 g/mol. The van der Waals surface area contributed by atoms with E-state index < -0.39 is 10.7 Å². The summed E-state index contributed by atoms with van der Waals surface area (Å²) in [6.45, 7) is 0. The molecule has 0 radical (unpaired) electrons. The number of non-ortho nitro benzene ring substituents is 1. The molecule has 0 unspecified atom stereocenters. The van der Waals surface area contributed by atoms with Crippen LogP contribution in [0.15, 0.2) is 59.8 Å². The highest BCUT2D eigenvalue weighted by molar-refractivity contribution is 5.88. The normalized spacial score (nSPS) is 18.2. The molecule has 1 heterocycles. The highest BCUT2D eigenvalue weighted by Gasteiger charge is 2.24. The van der Waals surface area contributed by atoms with Crippen molar-refractivity contribution in [2.24, 2.45) is 0 Å². The van der Waals surface area contributed by atoms with Gasteiger partial charge in [0.15, 0.2) is 0 Å². The molecule has 0 bridgehead atoms. The Balaban J connectivity index is 2.00. The first kappa shape index (κ1) is 14.1. The van der Waals surface area contributed by atoms with Crippen LogP contribution in [0.5, 0.6) is 0 Å². The second kappa shape index (κ2) is 4.99. The SMILES string of the molecule is O=[N+]([O-])c1cccc2c1=C(O)C(=C1C=Cc3ccccc3N1)C=2[O-]. The molecular formula is C18H11N2O4-. The number of aliphatic hydroxyl groups excluding tert-OH is 1. The first-order valence-electron chi connectivity index (χ1n) is 7.25. The summed E-state index contributed by atoms with van der Waals surface area (Å²) in [4.78, 5) is 10.6. The lowest BCUT2D eigenvalue weighted by molar-refractivity contribution is -0.386. The van der Waals surface area contributed by atoms with Gasteiger partial charge in [0.1, 0.15) is 11.0 Å². The van der Waals surface area contributed by atoms with Crippen LogP contribution in [0.2, 0.25) is 0 Å². The number of fused-ring (bicyclic) bond motifs is 2. The van der Waals surface area contributed by atoms with E-state index in [-0.39, 0.29) is 27.5 Å². The molecule has 0 saturated heterocycles. The number of hydrogen-bond donors (Lipinski definition) is 2. The van der Waals surface area contributed by atoms with Crippen molar-refractivity contribution in [3.05, 3.63) is 85.9 Å². The molecule has 0 aromatic heterocycles. The van der Waals surface area contributed by atoms with Crippen molar-refractivity contribution in [2.45, 2.75) is 0 Å². The molecule has 1 aliphatic carbocycles. The smallest absolute Gasteiger partial charge is 0.280 e. The lowest BCUT2D eigenvalue weighted by Gasteiger charge is -2.21. The van der Waals surface area contributed by atoms with Crippen molar-refractivity contribution >= 4 is 29.0 Å². The van der Waals surface area contributed by atoms with Crippen molar-refractivity contribution in [3.8, 4) is 0 Å². The Morgan fingerprint density at radius 2 is 1.83 bits per heavy atom. The highest BCUT2D eigenvalue weighted by Crippen LogP contribution is 2.30. The van der Waals surface area contributed by atoms with Gasteiger partial charge in [0, 0.05) is 23.0 Å². The number of anilines is 1. The Hall–Kier alpha value is -3.54. The number of nitro benzene ring substituents is 1. The van der Waals surface area contributed by atoms with Crippen LogP contribution in [-0.4, -0.2) is 10.0 Å². The third-order valence-electron chi connectivity index (χ3n) is 4.11. The van der Waals surface area contributed by atoms with Gasteiger partial charge in [-0.05, 0) is 22.9 Å². The van der Waals surface area contributed by atoms with Crippen molar-refractivity contribution in [2.75, 3.05) is 5.32 Å². The van der Waals surface area contributed by atoms with Crippen LogP contribution in [0.4, 0.5) is 11.4 Å². The van der Waals surface area contributed by atoms with Gasteiger partial charge in [0.05, 0.1) is 4.92 Å². The van der Waals surface area contributed by atoms with Gasteiger partial charge in [-0.3, -0.25) is 10.1 Å². The first-order chi connectivity index (χ1) is 11.6. The maximum absolute atomic E-state index is 12.7. The Morgan fingerprint density at radius 1 is 1.04 bits per heavy atom. The summed E-state index contributed by atoms with van der Waals surface area (Å²) in [5.41, 5.74) is 1.93. The van der Waals surface area contributed by atoms with Crippen LogP contribution in [0, 0.1) is 10.1 Å². The van der Waals surface area contributed by atoms with Crippen molar-refractivity contribution in [1.82, 2.24) is 0 Å². The summed E-state index contributed by atoms with van der Waals surface area (Å²) in [5, 5.41) is 37.6. The summed E-state index contributed by atoms with van der Waals surface area (Å²) in [5.74, 6) is -0.799. The molecule has 0 amide bonds. The topological polar surface area (TPSA) is 98.5 Å². The predicted molar refractivity (Wildman–Crippen MR) is 87.9 cm³/mol. The number of para-hydroxylation sites is 1. The van der Waals surface area contributed by atoms with Crippen LogP contribution < -0.4 is 20.9 Å². The molecule has 0 fully saturated rings. The van der Waals surface area contributed by atoms with Gasteiger partial charge < -0.3 is 15.5 Å². The number of hydrogen-bond acceptors (Lipinski definition) is 5. The summed E-state index contributed by atoms with van der Waals surface area (Å²) in [6, 6.07) is 11.7. The number of allylic oxidation sites excluding steroid dienone is 1. The van der Waals surface area contributed by atoms with Gasteiger partial charge >= 0.3 is 0 Å². The fraction of sp³-hybridized carbons (Fsp3) is 0. The summed E-state index contributed by atoms with van der Waals surface area (Å²) in [6.07, 6.45) is 3.51. The zero-order valence-corrected chi connectivity index (χ0v) is 12.3. The molecule has 0 saturated carbocycles. The largest absolute Gasteiger partial charge is 0.871 e. The minimum atomic E-state index is -0.602. The lowest BCUT2D eigenvalue weighted by atomic mass is 10.0. The quantitative estimate of drug-likeness (QED) is 0.606. The van der Waals surface area contributed by atoms with E-state index in [0.717, 1.165) is 11.3 Å². The Kier molecular flexibility index (Phi) is 2.93. The minimum absolute atomic E-state index is 0.0240. The van der Waals surface area contributed by atoms with Crippen LogP contribution in [0.25, 0.3) is 17.6 Å². The molecule has 0 atom stereocenters. The Morgan fingerprint density at radius 3 is 2.62 bits per heavy atom. The molecule has 2 N–H and O–H groups in total. The molecule has 1 aliphatic heterocycles. The van der Waals surface area contributed by atoms with E-state index in [4.69, 9.17) is 0 Å². The number of nitrogens with zero attached hydrogens (tertiary/aromatic N) is 1. The summed E-state index contributed by atoms with van der Waals surface area (Å²) in [7, 11) is 0. The molecule has 4 rings (SSSR count). The molecule has 6 heteroatoms.